The predicted molar refractivity (Wildman–Crippen MR) is 121 cm³/mol. The zero-order valence-corrected chi connectivity index (χ0v) is 18.7. The van der Waals surface area contributed by atoms with Crippen molar-refractivity contribution in [3.8, 4) is 11.1 Å². The molecule has 1 amide bonds. The van der Waals surface area contributed by atoms with Gasteiger partial charge in [-0.2, -0.15) is 0 Å². The second-order valence-electron chi connectivity index (χ2n) is 9.17. The number of nitrogens with one attached hydrogen (secondary N) is 1. The Morgan fingerprint density at radius 1 is 1.20 bits per heavy atom. The minimum Gasteiger partial charge on any atom is -0.361 e. The number of fused-ring (bicyclic) bond motifs is 1. The fourth-order valence-electron chi connectivity index (χ4n) is 3.34. The lowest BCUT2D eigenvalue weighted by Gasteiger charge is -2.15. The zero-order valence-electron chi connectivity index (χ0n) is 17.7. The van der Waals surface area contributed by atoms with Crippen LogP contribution in [0.3, 0.4) is 0 Å². The Kier molecular flexibility index (Phi) is 5.75. The quantitative estimate of drug-likeness (QED) is 0.383. The SMILES string of the molecule is C[Si](C)(C)CCOCn1cc(-c2ccccc2F)c2ccc(NC(=O)C3CC3)nc21. The zero-order chi connectivity index (χ0) is 21.3. The van der Waals surface area contributed by atoms with Crippen molar-refractivity contribution in [1.29, 1.82) is 0 Å². The third-order valence-electron chi connectivity index (χ3n) is 5.31. The van der Waals surface area contributed by atoms with Crippen LogP contribution in [0.5, 0.6) is 0 Å². The molecule has 1 saturated carbocycles. The molecule has 30 heavy (non-hydrogen) atoms. The Hall–Kier alpha value is -2.51. The molecular formula is C23H28FN3O2Si. The highest BCUT2D eigenvalue weighted by atomic mass is 28.3. The topological polar surface area (TPSA) is 56.1 Å². The van der Waals surface area contributed by atoms with Gasteiger partial charge in [0.05, 0.1) is 0 Å². The van der Waals surface area contributed by atoms with E-state index >= 15 is 0 Å². The first-order valence-electron chi connectivity index (χ1n) is 10.5. The minimum atomic E-state index is -1.18. The number of pyridine rings is 1. The van der Waals surface area contributed by atoms with E-state index in [1.807, 2.05) is 22.9 Å². The van der Waals surface area contributed by atoms with Crippen molar-refractivity contribution in [1.82, 2.24) is 9.55 Å². The van der Waals surface area contributed by atoms with Crippen LogP contribution >= 0.6 is 0 Å². The number of halogens is 1. The number of anilines is 1. The summed E-state index contributed by atoms with van der Waals surface area (Å²) in [6.45, 7) is 7.96. The van der Waals surface area contributed by atoms with E-state index in [2.05, 4.69) is 29.9 Å². The van der Waals surface area contributed by atoms with Crippen LogP contribution in [0.2, 0.25) is 25.7 Å². The molecule has 2 aromatic heterocycles. The van der Waals surface area contributed by atoms with Crippen LogP contribution < -0.4 is 5.32 Å². The molecule has 0 atom stereocenters. The fourth-order valence-corrected chi connectivity index (χ4v) is 4.10. The van der Waals surface area contributed by atoms with Gasteiger partial charge >= 0.3 is 0 Å². The van der Waals surface area contributed by atoms with Crippen molar-refractivity contribution >= 4 is 30.8 Å². The van der Waals surface area contributed by atoms with Crippen LogP contribution in [0, 0.1) is 11.7 Å². The van der Waals surface area contributed by atoms with Crippen molar-refractivity contribution in [2.45, 2.75) is 45.3 Å². The number of rotatable bonds is 8. The average Bonchev–Trinajstić information content (AvgIpc) is 3.48. The first-order valence-corrected chi connectivity index (χ1v) is 14.2. The summed E-state index contributed by atoms with van der Waals surface area (Å²) in [5.74, 6) is 0.358. The van der Waals surface area contributed by atoms with Crippen molar-refractivity contribution in [3.63, 3.8) is 0 Å². The molecule has 7 heteroatoms. The Morgan fingerprint density at radius 2 is 1.97 bits per heavy atom. The Morgan fingerprint density at radius 3 is 2.67 bits per heavy atom. The number of benzene rings is 1. The molecule has 1 fully saturated rings. The van der Waals surface area contributed by atoms with E-state index in [1.54, 1.807) is 18.2 Å². The van der Waals surface area contributed by atoms with Crippen LogP contribution in [-0.2, 0) is 16.3 Å². The number of aromatic nitrogens is 2. The van der Waals surface area contributed by atoms with E-state index < -0.39 is 8.07 Å². The van der Waals surface area contributed by atoms with Gasteiger partial charge in [0.25, 0.3) is 0 Å². The Bertz CT molecular complexity index is 1070. The van der Waals surface area contributed by atoms with E-state index in [0.29, 0.717) is 30.4 Å². The van der Waals surface area contributed by atoms with Crippen LogP contribution in [0.15, 0.2) is 42.6 Å². The third kappa shape index (κ3) is 4.79. The van der Waals surface area contributed by atoms with Gasteiger partial charge in [-0.3, -0.25) is 4.79 Å². The first-order chi connectivity index (χ1) is 14.3. The molecule has 0 spiro atoms. The van der Waals surface area contributed by atoms with Gasteiger partial charge in [-0.1, -0.05) is 37.8 Å². The monoisotopic (exact) mass is 425 g/mol. The lowest BCUT2D eigenvalue weighted by molar-refractivity contribution is -0.117. The van der Waals surface area contributed by atoms with Crippen molar-refractivity contribution in [2.24, 2.45) is 5.92 Å². The van der Waals surface area contributed by atoms with Crippen LogP contribution in [-0.4, -0.2) is 30.1 Å². The Labute approximate surface area is 177 Å². The highest BCUT2D eigenvalue weighted by Crippen LogP contribution is 2.33. The molecule has 0 unspecified atom stereocenters. The van der Waals surface area contributed by atoms with Crippen LogP contribution in [0.25, 0.3) is 22.2 Å². The summed E-state index contributed by atoms with van der Waals surface area (Å²) >= 11 is 0. The maximum absolute atomic E-state index is 14.5. The molecule has 3 aromatic rings. The van der Waals surface area contributed by atoms with Crippen molar-refractivity contribution in [2.75, 3.05) is 11.9 Å². The Balaban J connectivity index is 1.66. The number of hydrogen-bond acceptors (Lipinski definition) is 3. The van der Waals surface area contributed by atoms with Gasteiger partial charge in [0.1, 0.15) is 24.0 Å². The van der Waals surface area contributed by atoms with Gasteiger partial charge in [0.2, 0.25) is 5.91 Å². The highest BCUT2D eigenvalue weighted by molar-refractivity contribution is 6.76. The molecule has 158 valence electrons. The molecule has 1 aromatic carbocycles. The van der Waals surface area contributed by atoms with Crippen molar-refractivity contribution < 1.29 is 13.9 Å². The molecular weight excluding hydrogens is 397 g/mol. The molecule has 0 aliphatic heterocycles. The summed E-state index contributed by atoms with van der Waals surface area (Å²) < 4.78 is 22.3. The fraction of sp³-hybridized carbons (Fsp3) is 0.391. The molecule has 5 nitrogen and oxygen atoms in total. The summed E-state index contributed by atoms with van der Waals surface area (Å²) in [5, 5.41) is 3.73. The largest absolute Gasteiger partial charge is 0.361 e. The molecule has 4 rings (SSSR count). The number of hydrogen-bond donors (Lipinski definition) is 1. The molecule has 1 aliphatic carbocycles. The molecule has 0 saturated heterocycles. The van der Waals surface area contributed by atoms with E-state index in [4.69, 9.17) is 4.74 Å². The molecule has 1 N–H and O–H groups in total. The summed E-state index contributed by atoms with van der Waals surface area (Å²) in [4.78, 5) is 16.8. The number of carbonyl (C=O) groups excluding carboxylic acids is 1. The van der Waals surface area contributed by atoms with Crippen LogP contribution in [0.1, 0.15) is 12.8 Å². The van der Waals surface area contributed by atoms with Crippen LogP contribution in [0.4, 0.5) is 10.2 Å². The van der Waals surface area contributed by atoms with E-state index in [9.17, 15) is 9.18 Å². The van der Waals surface area contributed by atoms with E-state index in [-0.39, 0.29) is 17.6 Å². The average molecular weight is 426 g/mol. The smallest absolute Gasteiger partial charge is 0.228 e. The second kappa shape index (κ2) is 8.32. The molecule has 2 heterocycles. The van der Waals surface area contributed by atoms with Gasteiger partial charge in [-0.15, -0.1) is 0 Å². The van der Waals surface area contributed by atoms with Gasteiger partial charge in [0.15, 0.2) is 0 Å². The van der Waals surface area contributed by atoms with Crippen molar-refractivity contribution in [3.05, 3.63) is 48.4 Å². The summed E-state index contributed by atoms with van der Waals surface area (Å²) in [5.41, 5.74) is 1.97. The summed E-state index contributed by atoms with van der Waals surface area (Å²) in [6, 6.07) is 11.5. The standard InChI is InChI=1S/C23H28FN3O2Si/c1-30(2,3)13-12-29-15-27-14-19(17-6-4-5-7-20(17)24)18-10-11-21(25-22(18)27)26-23(28)16-8-9-16/h4-7,10-11,14,16H,8-9,12-13,15H2,1-3H3,(H,25,26,28). The number of ether oxygens (including phenoxy) is 1. The summed E-state index contributed by atoms with van der Waals surface area (Å²) in [7, 11) is -1.18. The summed E-state index contributed by atoms with van der Waals surface area (Å²) in [6.07, 6.45) is 3.76. The normalized spacial score (nSPS) is 14.3. The van der Waals surface area contributed by atoms with Gasteiger partial charge in [-0.05, 0) is 37.1 Å². The molecule has 0 bridgehead atoms. The maximum atomic E-state index is 14.5. The lowest BCUT2D eigenvalue weighted by atomic mass is 10.1. The lowest BCUT2D eigenvalue weighted by Crippen LogP contribution is -2.22. The first kappa shape index (κ1) is 20.7. The third-order valence-corrected chi connectivity index (χ3v) is 7.02. The number of nitrogens with zero attached hydrogens (tertiary/aromatic N) is 2. The van der Waals surface area contributed by atoms with Gasteiger partial charge < -0.3 is 14.6 Å². The van der Waals surface area contributed by atoms with Gasteiger partial charge in [-0.25, -0.2) is 9.37 Å². The number of carbonyl (C=O) groups is 1. The predicted octanol–water partition coefficient (Wildman–Crippen LogP) is 5.50. The molecule has 0 radical (unpaired) electrons. The second-order valence-corrected chi connectivity index (χ2v) is 14.8. The van der Waals surface area contributed by atoms with E-state index in [0.717, 1.165) is 29.8 Å². The van der Waals surface area contributed by atoms with E-state index in [1.165, 1.54) is 6.07 Å². The maximum Gasteiger partial charge on any atom is 0.228 e. The minimum absolute atomic E-state index is 0.0145. The number of amides is 1. The molecule has 1 aliphatic rings. The highest BCUT2D eigenvalue weighted by Gasteiger charge is 2.30. The van der Waals surface area contributed by atoms with Gasteiger partial charge in [0, 0.05) is 43.3 Å².